The summed E-state index contributed by atoms with van der Waals surface area (Å²) >= 11 is 1.64. The molecule has 3 nitrogen and oxygen atoms in total. The molecule has 20 heavy (non-hydrogen) atoms. The van der Waals surface area contributed by atoms with Crippen molar-refractivity contribution in [3.05, 3.63) is 35.6 Å². The van der Waals surface area contributed by atoms with Gasteiger partial charge >= 0.3 is 0 Å². The molecule has 0 bridgehead atoms. The monoisotopic (exact) mass is 297 g/mol. The zero-order valence-electron chi connectivity index (χ0n) is 12.2. The number of carbonyl (C=O) groups is 1. The Bertz CT molecular complexity index is 463. The molecule has 0 aromatic heterocycles. The molecule has 1 saturated heterocycles. The molecule has 0 spiro atoms. The molecule has 5 heteroatoms. The molecule has 1 amide bonds. The van der Waals surface area contributed by atoms with Crippen LogP contribution < -0.4 is 5.32 Å². The first-order chi connectivity index (χ1) is 9.49. The third kappa shape index (κ3) is 3.52. The van der Waals surface area contributed by atoms with Gasteiger partial charge in [-0.05, 0) is 38.5 Å². The second-order valence-corrected chi connectivity index (χ2v) is 6.91. The van der Waals surface area contributed by atoms with Crippen molar-refractivity contribution in [2.75, 3.05) is 13.1 Å². The lowest BCUT2D eigenvalue weighted by molar-refractivity contribution is -0.682. The summed E-state index contributed by atoms with van der Waals surface area (Å²) in [5, 5.41) is 2.21. The zero-order chi connectivity index (χ0) is 14.7. The Labute approximate surface area is 123 Å². The van der Waals surface area contributed by atoms with E-state index in [0.717, 1.165) is 18.7 Å². The summed E-state index contributed by atoms with van der Waals surface area (Å²) in [6.07, 6.45) is 0. The first-order valence-corrected chi connectivity index (χ1v) is 7.98. The molecule has 1 aromatic rings. The average Bonchev–Trinajstić information content (AvgIpc) is 2.67. The second-order valence-electron chi connectivity index (χ2n) is 5.48. The minimum atomic E-state index is -0.240. The number of nitrogens with zero attached hydrogens (tertiary/aromatic N) is 1. The minimum Gasteiger partial charge on any atom is -0.343 e. The van der Waals surface area contributed by atoms with Gasteiger partial charge in [-0.15, -0.1) is 11.8 Å². The van der Waals surface area contributed by atoms with Gasteiger partial charge in [-0.2, -0.15) is 0 Å². The third-order valence-electron chi connectivity index (χ3n) is 3.41. The average molecular weight is 297 g/mol. The fourth-order valence-corrected chi connectivity index (χ4v) is 3.64. The molecular formula is C15H22FN2OS+. The van der Waals surface area contributed by atoms with Crippen LogP contribution in [0.3, 0.4) is 0 Å². The number of carbonyl (C=O) groups excluding carboxylic acids is 1. The maximum absolute atomic E-state index is 13.0. The highest BCUT2D eigenvalue weighted by Crippen LogP contribution is 2.42. The molecule has 2 rings (SSSR count). The molecular weight excluding hydrogens is 275 g/mol. The van der Waals surface area contributed by atoms with E-state index in [-0.39, 0.29) is 22.3 Å². The van der Waals surface area contributed by atoms with Crippen LogP contribution in [0.2, 0.25) is 0 Å². The maximum Gasteiger partial charge on any atom is 0.236 e. The van der Waals surface area contributed by atoms with Gasteiger partial charge in [0.15, 0.2) is 0 Å². The van der Waals surface area contributed by atoms with Gasteiger partial charge in [0.2, 0.25) is 5.91 Å². The lowest BCUT2D eigenvalue weighted by Crippen LogP contribution is -2.89. The molecule has 1 aliphatic rings. The van der Waals surface area contributed by atoms with E-state index in [9.17, 15) is 9.18 Å². The van der Waals surface area contributed by atoms with Crippen LogP contribution in [0, 0.1) is 5.82 Å². The van der Waals surface area contributed by atoms with Crippen LogP contribution in [0.15, 0.2) is 24.3 Å². The topological polar surface area (TPSA) is 36.9 Å². The van der Waals surface area contributed by atoms with Crippen LogP contribution in [0.4, 0.5) is 4.39 Å². The summed E-state index contributed by atoms with van der Waals surface area (Å²) in [7, 11) is 0. The van der Waals surface area contributed by atoms with E-state index in [1.165, 1.54) is 12.1 Å². The standard InChI is InChI=1S/C15H21FN2OS/c1-10(2)17-8-9-18-14(19)11(3)20-15(18)12-4-6-13(16)7-5-12/h4-7,10-11,15,17H,8-9H2,1-3H3/p+1/t11-,15-/m1/s1. The van der Waals surface area contributed by atoms with Crippen molar-refractivity contribution in [2.45, 2.75) is 37.4 Å². The Morgan fingerprint density at radius 3 is 2.60 bits per heavy atom. The van der Waals surface area contributed by atoms with Crippen LogP contribution in [-0.4, -0.2) is 35.2 Å². The fourth-order valence-electron chi connectivity index (χ4n) is 2.33. The predicted octanol–water partition coefficient (Wildman–Crippen LogP) is 1.76. The number of hydrogen-bond donors (Lipinski definition) is 1. The number of rotatable bonds is 5. The molecule has 2 N–H and O–H groups in total. The van der Waals surface area contributed by atoms with E-state index < -0.39 is 0 Å². The SMILES string of the molecule is CC(C)[NH2+]CCN1C(=O)[C@@H](C)S[C@@H]1c1ccc(F)cc1. The van der Waals surface area contributed by atoms with Crippen LogP contribution in [-0.2, 0) is 4.79 Å². The normalized spacial score (nSPS) is 22.9. The number of thioether (sulfide) groups is 1. The van der Waals surface area contributed by atoms with Crippen LogP contribution >= 0.6 is 11.8 Å². The van der Waals surface area contributed by atoms with E-state index in [1.54, 1.807) is 23.9 Å². The van der Waals surface area contributed by atoms with Gasteiger partial charge in [0.1, 0.15) is 11.2 Å². The lowest BCUT2D eigenvalue weighted by atomic mass is 10.2. The smallest absolute Gasteiger partial charge is 0.236 e. The molecule has 0 radical (unpaired) electrons. The number of halogens is 1. The van der Waals surface area contributed by atoms with Gasteiger partial charge in [-0.25, -0.2) is 4.39 Å². The summed E-state index contributed by atoms with van der Waals surface area (Å²) in [4.78, 5) is 14.2. The minimum absolute atomic E-state index is 0.0127. The van der Waals surface area contributed by atoms with Gasteiger partial charge in [-0.1, -0.05) is 12.1 Å². The third-order valence-corrected chi connectivity index (χ3v) is 4.80. The summed E-state index contributed by atoms with van der Waals surface area (Å²) in [5.74, 6) is -0.0581. The predicted molar refractivity (Wildman–Crippen MR) is 79.8 cm³/mol. The van der Waals surface area contributed by atoms with Crippen LogP contribution in [0.25, 0.3) is 0 Å². The Hall–Kier alpha value is -1.07. The van der Waals surface area contributed by atoms with Crippen molar-refractivity contribution in [3.63, 3.8) is 0 Å². The van der Waals surface area contributed by atoms with Crippen molar-refractivity contribution in [1.82, 2.24) is 4.90 Å². The highest BCUT2D eigenvalue weighted by atomic mass is 32.2. The molecule has 2 atom stereocenters. The van der Waals surface area contributed by atoms with Crippen molar-refractivity contribution in [2.24, 2.45) is 0 Å². The Balaban J connectivity index is 2.09. The van der Waals surface area contributed by atoms with Gasteiger partial charge in [0, 0.05) is 0 Å². The zero-order valence-corrected chi connectivity index (χ0v) is 13.0. The molecule has 0 aliphatic carbocycles. The van der Waals surface area contributed by atoms with E-state index in [1.807, 2.05) is 11.8 Å². The van der Waals surface area contributed by atoms with Crippen molar-refractivity contribution in [1.29, 1.82) is 0 Å². The quantitative estimate of drug-likeness (QED) is 0.899. The number of amides is 1. The maximum atomic E-state index is 13.0. The van der Waals surface area contributed by atoms with Gasteiger partial charge in [0.25, 0.3) is 0 Å². The van der Waals surface area contributed by atoms with E-state index in [0.29, 0.717) is 6.04 Å². The molecule has 1 aromatic carbocycles. The van der Waals surface area contributed by atoms with E-state index in [2.05, 4.69) is 19.2 Å². The summed E-state index contributed by atoms with van der Waals surface area (Å²) in [6.45, 7) is 7.85. The Kier molecular flexibility index (Phi) is 5.05. The number of quaternary nitrogens is 1. The molecule has 1 heterocycles. The second kappa shape index (κ2) is 6.59. The van der Waals surface area contributed by atoms with Crippen molar-refractivity contribution in [3.8, 4) is 0 Å². The molecule has 0 saturated carbocycles. The Morgan fingerprint density at radius 1 is 1.35 bits per heavy atom. The summed E-state index contributed by atoms with van der Waals surface area (Å²) in [6, 6.07) is 7.00. The van der Waals surface area contributed by atoms with Crippen LogP contribution in [0.1, 0.15) is 31.7 Å². The largest absolute Gasteiger partial charge is 0.343 e. The van der Waals surface area contributed by atoms with Gasteiger partial charge in [-0.3, -0.25) is 4.79 Å². The van der Waals surface area contributed by atoms with Crippen molar-refractivity contribution < 1.29 is 14.5 Å². The number of nitrogens with two attached hydrogens (primary N) is 1. The van der Waals surface area contributed by atoms with E-state index >= 15 is 0 Å². The molecule has 0 unspecified atom stereocenters. The van der Waals surface area contributed by atoms with Gasteiger partial charge < -0.3 is 10.2 Å². The highest BCUT2D eigenvalue weighted by Gasteiger charge is 2.38. The number of hydrogen-bond acceptors (Lipinski definition) is 2. The Morgan fingerprint density at radius 2 is 2.00 bits per heavy atom. The van der Waals surface area contributed by atoms with E-state index in [4.69, 9.17) is 0 Å². The summed E-state index contributed by atoms with van der Waals surface area (Å²) < 4.78 is 13.0. The highest BCUT2D eigenvalue weighted by molar-refractivity contribution is 8.01. The molecule has 110 valence electrons. The number of benzene rings is 1. The van der Waals surface area contributed by atoms with Crippen LogP contribution in [0.5, 0.6) is 0 Å². The van der Waals surface area contributed by atoms with Gasteiger partial charge in [0.05, 0.1) is 24.4 Å². The molecule has 1 fully saturated rings. The van der Waals surface area contributed by atoms with Crippen molar-refractivity contribution >= 4 is 17.7 Å². The molecule has 1 aliphatic heterocycles. The first-order valence-electron chi connectivity index (χ1n) is 7.03. The first kappa shape index (κ1) is 15.3. The summed E-state index contributed by atoms with van der Waals surface area (Å²) in [5.41, 5.74) is 0.999. The fraction of sp³-hybridized carbons (Fsp3) is 0.533. The lowest BCUT2D eigenvalue weighted by Gasteiger charge is -2.23.